The average molecular weight is 1190 g/mol. The van der Waals surface area contributed by atoms with Crippen molar-refractivity contribution in [2.24, 2.45) is 28.1 Å². The molecule has 0 bridgehead atoms. The van der Waals surface area contributed by atoms with Crippen LogP contribution in [0.5, 0.6) is 5.75 Å². The van der Waals surface area contributed by atoms with Crippen molar-refractivity contribution in [3.05, 3.63) is 102 Å². The van der Waals surface area contributed by atoms with Gasteiger partial charge in [-0.1, -0.05) is 56.3 Å². The van der Waals surface area contributed by atoms with Gasteiger partial charge >= 0.3 is 6.03 Å². The van der Waals surface area contributed by atoms with Gasteiger partial charge in [0.2, 0.25) is 53.2 Å². The summed E-state index contributed by atoms with van der Waals surface area (Å²) in [7, 11) is 1.47. The Bertz CT molecular complexity index is 3050. The highest BCUT2D eigenvalue weighted by Gasteiger charge is 2.35. The van der Waals surface area contributed by atoms with Crippen molar-refractivity contribution in [3.8, 4) is 5.75 Å². The maximum absolute atomic E-state index is 14.4. The molecular weight excluding hydrogens is 1110 g/mol. The van der Waals surface area contributed by atoms with Gasteiger partial charge in [0, 0.05) is 56.9 Å². The highest BCUT2D eigenvalue weighted by atomic mass is 19.1. The van der Waals surface area contributed by atoms with Gasteiger partial charge in [0.05, 0.1) is 19.1 Å². The number of fused-ring (bicyclic) bond motifs is 1. The Morgan fingerprint density at radius 1 is 0.635 bits per heavy atom. The summed E-state index contributed by atoms with van der Waals surface area (Å²) >= 11 is 0. The number of rotatable bonds is 31. The van der Waals surface area contributed by atoms with Gasteiger partial charge in [-0.05, 0) is 79.1 Å². The van der Waals surface area contributed by atoms with E-state index in [1.807, 2.05) is 24.3 Å². The molecule has 0 aliphatic heterocycles. The standard InChI is InChI=1S/C55H75FN16O13/c1-28(2)20-40(50(81)66-38(14-9-19-61-54(59)60-5)49(80)67-39(47(58)78)24-33-26-62-37-13-7-6-12-36(33)37)69-55(85)72-71-52(83)42(23-32-10-8-11-34(56)21-32)68-53(84)46(29(3)73)70-51(82)43(25-44(57)76)65-45(77)27-63-48(79)41(64-30(4)74)22-31-15-17-35(75)18-16-31/h6-8,10-13,15-18,21,26,28-29,38-43,46,62,73,75H,9,14,19-20,22-25,27H2,1-5H3,(H2,57,76)(H2,58,78)(H,63,79)(H,64,74)(H,65,77)(H,66,81)(H,67,80)(H,68,84)(H,70,82)(H,71,83)(H3,59,60,61)(H2,69,72,85)/t29-,38+,39+,40+,41-,42+,43+,46+/m1/s1. The summed E-state index contributed by atoms with van der Waals surface area (Å²) in [6.07, 6.45) is -1.18. The Hall–Kier alpha value is -9.87. The number of phenols is 1. The first-order valence-corrected chi connectivity index (χ1v) is 26.9. The molecule has 1 aromatic heterocycles. The lowest BCUT2D eigenvalue weighted by Gasteiger charge is -2.27. The van der Waals surface area contributed by atoms with Crippen LogP contribution in [0.25, 0.3) is 10.9 Å². The maximum atomic E-state index is 14.4. The lowest BCUT2D eigenvalue weighted by atomic mass is 10.0. The molecule has 0 spiro atoms. The van der Waals surface area contributed by atoms with Crippen molar-refractivity contribution >= 4 is 82.0 Å². The van der Waals surface area contributed by atoms with E-state index >= 15 is 0 Å². The molecular formula is C55H75FN16O13. The predicted octanol–water partition coefficient (Wildman–Crippen LogP) is -3.11. The number of aromatic amines is 1. The Labute approximate surface area is 488 Å². The van der Waals surface area contributed by atoms with Crippen molar-refractivity contribution in [1.29, 1.82) is 0 Å². The molecule has 0 saturated carbocycles. The first-order valence-electron chi connectivity index (χ1n) is 26.9. The number of halogens is 1. The minimum Gasteiger partial charge on any atom is -0.508 e. The minimum atomic E-state index is -1.93. The van der Waals surface area contributed by atoms with E-state index in [1.54, 1.807) is 20.0 Å². The number of amides is 12. The third-order valence-corrected chi connectivity index (χ3v) is 12.8. The molecule has 1 heterocycles. The normalized spacial score (nSPS) is 14.0. The van der Waals surface area contributed by atoms with Crippen LogP contribution in [-0.4, -0.2) is 155 Å². The number of hydrogen-bond donors (Lipinski definition) is 17. The molecule has 4 aromatic rings. The average Bonchev–Trinajstić information content (AvgIpc) is 4.13. The van der Waals surface area contributed by atoms with Gasteiger partial charge in [-0.15, -0.1) is 0 Å². The van der Waals surface area contributed by atoms with E-state index in [0.29, 0.717) is 11.1 Å². The second-order valence-electron chi connectivity index (χ2n) is 20.3. The lowest BCUT2D eigenvalue weighted by Crippen LogP contribution is -2.62. The summed E-state index contributed by atoms with van der Waals surface area (Å²) in [4.78, 5) is 153. The zero-order valence-corrected chi connectivity index (χ0v) is 47.5. The molecule has 0 saturated heterocycles. The SMILES string of the molecule is CN=C(N)NCCC[C@H](NC(=O)[C@H](CC(C)C)NC(=O)NNC(=O)[C@H](Cc1cccc(F)c1)NC(=O)[C@@H](NC(=O)[C@H](CC(N)=O)NC(=O)CNC(=O)[C@@H](Cc1ccc(O)cc1)NC(C)=O)[C@@H](C)O)C(=O)N[C@@H](Cc1c[nH]c2ccccc12)C(N)=O. The second kappa shape index (κ2) is 33.3. The fourth-order valence-corrected chi connectivity index (χ4v) is 8.56. The summed E-state index contributed by atoms with van der Waals surface area (Å²) in [5.41, 5.74) is 23.3. The lowest BCUT2D eigenvalue weighted by molar-refractivity contribution is -0.136. The number of benzene rings is 3. The number of hydrogen-bond acceptors (Lipinski definition) is 14. The third kappa shape index (κ3) is 23.1. The van der Waals surface area contributed by atoms with Crippen LogP contribution in [0.4, 0.5) is 9.18 Å². The van der Waals surface area contributed by atoms with Crippen LogP contribution in [0.1, 0.15) is 70.1 Å². The van der Waals surface area contributed by atoms with Crippen LogP contribution < -0.4 is 75.9 Å². The number of aliphatic hydroxyl groups is 1. The van der Waals surface area contributed by atoms with Gasteiger partial charge in [-0.2, -0.15) is 0 Å². The van der Waals surface area contributed by atoms with Gasteiger partial charge in [-0.25, -0.2) is 14.6 Å². The van der Waals surface area contributed by atoms with E-state index in [2.05, 4.69) is 68.7 Å². The van der Waals surface area contributed by atoms with Gasteiger partial charge in [0.25, 0.3) is 5.91 Å². The third-order valence-electron chi connectivity index (χ3n) is 12.8. The number of aliphatic imine (C=N–C) groups is 1. The summed E-state index contributed by atoms with van der Waals surface area (Å²) in [6.45, 7) is 5.16. The number of nitrogens with one attached hydrogen (secondary N) is 12. The number of guanidine groups is 1. The van der Waals surface area contributed by atoms with Gasteiger partial charge in [0.15, 0.2) is 5.96 Å². The van der Waals surface area contributed by atoms with Crippen LogP contribution in [0.3, 0.4) is 0 Å². The minimum absolute atomic E-state index is 0.00514. The number of aliphatic hydroxyl groups excluding tert-OH is 1. The number of H-pyrrole nitrogens is 1. The van der Waals surface area contributed by atoms with Crippen LogP contribution in [0, 0.1) is 11.7 Å². The molecule has 20 N–H and O–H groups in total. The first-order chi connectivity index (χ1) is 40.2. The van der Waals surface area contributed by atoms with Crippen LogP contribution in [-0.2, 0) is 67.2 Å². The number of carbonyl (C=O) groups excluding carboxylic acids is 11. The molecule has 0 aliphatic carbocycles. The summed E-state index contributed by atoms with van der Waals surface area (Å²) < 4.78 is 14.4. The van der Waals surface area contributed by atoms with E-state index in [1.165, 1.54) is 43.4 Å². The molecule has 29 nitrogen and oxygen atoms in total. The number of carbonyl (C=O) groups is 11. The molecule has 0 unspecified atom stereocenters. The summed E-state index contributed by atoms with van der Waals surface area (Å²) in [5.74, 6) is -10.5. The van der Waals surface area contributed by atoms with Crippen molar-refractivity contribution < 1.29 is 67.3 Å². The van der Waals surface area contributed by atoms with Crippen molar-refractivity contribution in [3.63, 3.8) is 0 Å². The number of phenolic OH excluding ortho intramolecular Hbond substituents is 1. The molecule has 30 heteroatoms. The molecule has 0 radical (unpaired) electrons. The molecule has 4 rings (SSSR count). The monoisotopic (exact) mass is 1190 g/mol. The van der Waals surface area contributed by atoms with E-state index in [4.69, 9.17) is 17.2 Å². The van der Waals surface area contributed by atoms with E-state index in [9.17, 15) is 67.3 Å². The number of hydrazine groups is 1. The van der Waals surface area contributed by atoms with Gasteiger partial charge < -0.3 is 80.2 Å². The highest BCUT2D eigenvalue weighted by molar-refractivity contribution is 5.98. The quantitative estimate of drug-likeness (QED) is 0.0103. The smallest absolute Gasteiger partial charge is 0.334 e. The van der Waals surface area contributed by atoms with E-state index in [-0.39, 0.29) is 61.8 Å². The van der Waals surface area contributed by atoms with Crippen molar-refractivity contribution in [1.82, 2.24) is 63.7 Å². The number of urea groups is 1. The first kappa shape index (κ1) is 67.6. The zero-order chi connectivity index (χ0) is 62.9. The second-order valence-corrected chi connectivity index (χ2v) is 20.3. The fourth-order valence-electron chi connectivity index (χ4n) is 8.56. The fraction of sp³-hybridized carbons (Fsp3) is 0.418. The number of nitrogens with zero attached hydrogens (tertiary/aromatic N) is 1. The number of aromatic hydroxyl groups is 1. The molecule has 3 aromatic carbocycles. The van der Waals surface area contributed by atoms with Crippen LogP contribution >= 0.6 is 0 Å². The predicted molar refractivity (Wildman–Crippen MR) is 307 cm³/mol. The molecule has 12 amide bonds. The molecule has 0 fully saturated rings. The van der Waals surface area contributed by atoms with Gasteiger partial charge in [-0.3, -0.25) is 58.4 Å². The van der Waals surface area contributed by atoms with Crippen LogP contribution in [0.2, 0.25) is 0 Å². The van der Waals surface area contributed by atoms with E-state index < -0.39 is 139 Å². The summed E-state index contributed by atoms with van der Waals surface area (Å²) in [6, 6.07) is 6.26. The number of nitrogens with two attached hydrogens (primary N) is 3. The Balaban J connectivity index is 1.46. The Morgan fingerprint density at radius 2 is 1.27 bits per heavy atom. The van der Waals surface area contributed by atoms with Crippen molar-refractivity contribution in [2.75, 3.05) is 20.1 Å². The largest absolute Gasteiger partial charge is 0.508 e. The molecule has 0 aliphatic rings. The molecule has 8 atom stereocenters. The number of para-hydroxylation sites is 1. The molecule has 85 heavy (non-hydrogen) atoms. The summed E-state index contributed by atoms with van der Waals surface area (Å²) in [5, 5.41) is 43.3. The van der Waals surface area contributed by atoms with Crippen LogP contribution in [0.15, 0.2) is 84.0 Å². The highest BCUT2D eigenvalue weighted by Crippen LogP contribution is 2.20. The molecule has 460 valence electrons. The number of aromatic nitrogens is 1. The van der Waals surface area contributed by atoms with Gasteiger partial charge in [0.1, 0.15) is 53.9 Å². The number of primary amides is 2. The topological polar surface area (TPSA) is 467 Å². The Morgan fingerprint density at radius 3 is 1.91 bits per heavy atom. The maximum Gasteiger partial charge on any atom is 0.334 e. The zero-order valence-electron chi connectivity index (χ0n) is 47.5. The van der Waals surface area contributed by atoms with E-state index in [0.717, 1.165) is 36.9 Å². The Kier molecular flexibility index (Phi) is 26.5. The van der Waals surface area contributed by atoms with Crippen molar-refractivity contribution in [2.45, 2.75) is 121 Å².